The molecule has 0 aromatic carbocycles. The monoisotopic (exact) mass is 446 g/mol. The first-order chi connectivity index (χ1) is 15.2. The number of rotatable bonds is 7. The van der Waals surface area contributed by atoms with Crippen molar-refractivity contribution in [1.29, 1.82) is 0 Å². The highest BCUT2D eigenvalue weighted by molar-refractivity contribution is 5.28. The van der Waals surface area contributed by atoms with E-state index in [2.05, 4.69) is 47.6 Å². The summed E-state index contributed by atoms with van der Waals surface area (Å²) in [6, 6.07) is 0. The van der Waals surface area contributed by atoms with Crippen molar-refractivity contribution in [3.63, 3.8) is 0 Å². The van der Waals surface area contributed by atoms with Gasteiger partial charge in [-0.25, -0.2) is 4.89 Å². The lowest BCUT2D eigenvalue weighted by Crippen LogP contribution is -2.55. The van der Waals surface area contributed by atoms with Gasteiger partial charge in [-0.05, 0) is 104 Å². The highest BCUT2D eigenvalue weighted by Gasteiger charge is 2.61. The minimum atomic E-state index is -0.228. The molecule has 0 bridgehead atoms. The fourth-order valence-corrected chi connectivity index (χ4v) is 9.37. The number of hydrogen-bond acceptors (Lipinski definition) is 3. The predicted molar refractivity (Wildman–Crippen MR) is 131 cm³/mol. The summed E-state index contributed by atoms with van der Waals surface area (Å²) < 4.78 is 0. The molecule has 3 fully saturated rings. The minimum Gasteiger partial charge on any atom is -0.393 e. The lowest BCUT2D eigenvalue weighted by atomic mass is 9.46. The molecule has 32 heavy (non-hydrogen) atoms. The van der Waals surface area contributed by atoms with Crippen LogP contribution in [0.15, 0.2) is 11.6 Å². The molecule has 0 aliphatic heterocycles. The van der Waals surface area contributed by atoms with Crippen LogP contribution in [0, 0.1) is 52.3 Å². The average Bonchev–Trinajstić information content (AvgIpc) is 3.11. The van der Waals surface area contributed by atoms with Gasteiger partial charge < -0.3 is 5.11 Å². The second kappa shape index (κ2) is 9.34. The molecule has 0 saturated heterocycles. The Hall–Kier alpha value is -0.380. The van der Waals surface area contributed by atoms with Crippen LogP contribution in [0.1, 0.15) is 106 Å². The van der Waals surface area contributed by atoms with E-state index in [1.54, 1.807) is 0 Å². The molecule has 0 aromatic rings. The smallest absolute Gasteiger partial charge is 0.114 e. The normalized spacial score (nSPS) is 45.6. The molecule has 3 heteroatoms. The van der Waals surface area contributed by atoms with Gasteiger partial charge in [-0.15, -0.1) is 0 Å². The van der Waals surface area contributed by atoms with E-state index in [0.717, 1.165) is 42.9 Å². The number of hydrogen-bond donors (Lipinski definition) is 2. The summed E-state index contributed by atoms with van der Waals surface area (Å²) in [7, 11) is 0. The first kappa shape index (κ1) is 24.7. The molecule has 0 unspecified atom stereocenters. The van der Waals surface area contributed by atoms with Crippen LogP contribution in [0.5, 0.6) is 0 Å². The Morgan fingerprint density at radius 1 is 1.03 bits per heavy atom. The van der Waals surface area contributed by atoms with Crippen molar-refractivity contribution in [2.45, 2.75) is 118 Å². The molecular formula is C29H50O3. The first-order valence-corrected chi connectivity index (χ1v) is 13.8. The summed E-state index contributed by atoms with van der Waals surface area (Å²) in [5, 5.41) is 20.3. The molecule has 0 spiro atoms. The van der Waals surface area contributed by atoms with Gasteiger partial charge in [0.25, 0.3) is 0 Å². The summed E-state index contributed by atoms with van der Waals surface area (Å²) in [4.78, 5) is 5.20. The van der Waals surface area contributed by atoms with Crippen LogP contribution in [0.2, 0.25) is 0 Å². The Morgan fingerprint density at radius 3 is 2.44 bits per heavy atom. The first-order valence-electron chi connectivity index (χ1n) is 13.8. The Balaban J connectivity index is 1.54. The molecule has 4 aliphatic carbocycles. The second-order valence-electron chi connectivity index (χ2n) is 13.1. The van der Waals surface area contributed by atoms with E-state index in [0.29, 0.717) is 23.2 Å². The SMILES string of the molecule is CC[C@@H](CC[C@@H](C)[C@H]1CC[C@H]2[C@@H]3[C@@H](OO)C=C4C[C@H](O)CC[C@@]4(C)[C@@H]3CC[C@@]12C)C(C)C. The van der Waals surface area contributed by atoms with Crippen molar-refractivity contribution >= 4 is 0 Å². The molecule has 0 amide bonds. The summed E-state index contributed by atoms with van der Waals surface area (Å²) in [6.07, 6.45) is 13.8. The second-order valence-corrected chi connectivity index (χ2v) is 13.1. The van der Waals surface area contributed by atoms with Gasteiger partial charge in [0.2, 0.25) is 0 Å². The van der Waals surface area contributed by atoms with Crippen LogP contribution in [-0.4, -0.2) is 22.6 Å². The number of aliphatic hydroxyl groups excluding tert-OH is 1. The van der Waals surface area contributed by atoms with E-state index in [1.165, 1.54) is 50.5 Å². The zero-order valence-corrected chi connectivity index (χ0v) is 21.6. The van der Waals surface area contributed by atoms with Crippen LogP contribution >= 0.6 is 0 Å². The van der Waals surface area contributed by atoms with Gasteiger partial charge in [-0.2, -0.15) is 0 Å². The topological polar surface area (TPSA) is 49.7 Å². The van der Waals surface area contributed by atoms with Crippen LogP contribution < -0.4 is 0 Å². The third-order valence-corrected chi connectivity index (χ3v) is 11.4. The molecule has 4 rings (SSSR count). The molecule has 3 nitrogen and oxygen atoms in total. The van der Waals surface area contributed by atoms with Crippen molar-refractivity contribution in [3.8, 4) is 0 Å². The summed E-state index contributed by atoms with van der Waals surface area (Å²) in [6.45, 7) is 14.7. The van der Waals surface area contributed by atoms with E-state index < -0.39 is 0 Å². The Morgan fingerprint density at radius 2 is 1.78 bits per heavy atom. The quantitative estimate of drug-likeness (QED) is 0.242. The van der Waals surface area contributed by atoms with E-state index in [4.69, 9.17) is 4.89 Å². The zero-order valence-electron chi connectivity index (χ0n) is 21.6. The van der Waals surface area contributed by atoms with Crippen molar-refractivity contribution in [1.82, 2.24) is 0 Å². The fraction of sp³-hybridized carbons (Fsp3) is 0.931. The number of fused-ring (bicyclic) bond motifs is 5. The van der Waals surface area contributed by atoms with Crippen LogP contribution in [0.25, 0.3) is 0 Å². The standard InChI is InChI=1S/C29H50O3/c1-7-20(18(2)3)9-8-19(4)23-10-11-24-27-25(13-15-29(23,24)6)28(5)14-12-22(30)16-21(28)17-26(27)32-31/h17-20,22-27,30-31H,7-16H2,1-6H3/t19-,20+,22-,23-,24+,25-,26+,27+,28-,29+/m1/s1. The van der Waals surface area contributed by atoms with E-state index in [1.807, 2.05) is 0 Å². The van der Waals surface area contributed by atoms with Gasteiger partial charge in [0, 0.05) is 0 Å². The highest BCUT2D eigenvalue weighted by atomic mass is 17.1. The minimum absolute atomic E-state index is 0.176. The molecule has 0 radical (unpaired) electrons. The maximum Gasteiger partial charge on any atom is 0.114 e. The third kappa shape index (κ3) is 4.03. The van der Waals surface area contributed by atoms with Crippen molar-refractivity contribution in [2.75, 3.05) is 0 Å². The molecule has 10 atom stereocenters. The van der Waals surface area contributed by atoms with Gasteiger partial charge in [0.15, 0.2) is 0 Å². The summed E-state index contributed by atoms with van der Waals surface area (Å²) >= 11 is 0. The maximum absolute atomic E-state index is 10.3. The average molecular weight is 447 g/mol. The van der Waals surface area contributed by atoms with Crippen molar-refractivity contribution in [2.24, 2.45) is 52.3 Å². The van der Waals surface area contributed by atoms with Crippen LogP contribution in [-0.2, 0) is 4.89 Å². The number of aliphatic hydroxyl groups is 1. The van der Waals surface area contributed by atoms with Crippen LogP contribution in [0.4, 0.5) is 0 Å². The highest BCUT2D eigenvalue weighted by Crippen LogP contribution is 2.67. The Bertz CT molecular complexity index is 686. The Kier molecular flexibility index (Phi) is 7.22. The van der Waals surface area contributed by atoms with Crippen molar-refractivity contribution in [3.05, 3.63) is 11.6 Å². The van der Waals surface area contributed by atoms with E-state index in [-0.39, 0.29) is 17.6 Å². The molecule has 184 valence electrons. The molecular weight excluding hydrogens is 396 g/mol. The molecule has 0 heterocycles. The molecule has 0 aromatic heterocycles. The van der Waals surface area contributed by atoms with Gasteiger partial charge in [-0.3, -0.25) is 5.26 Å². The largest absolute Gasteiger partial charge is 0.393 e. The van der Waals surface area contributed by atoms with E-state index >= 15 is 0 Å². The summed E-state index contributed by atoms with van der Waals surface area (Å²) in [5.74, 6) is 4.84. The molecule has 3 saturated carbocycles. The van der Waals surface area contributed by atoms with Gasteiger partial charge >= 0.3 is 0 Å². The van der Waals surface area contributed by atoms with Crippen molar-refractivity contribution < 1.29 is 15.3 Å². The van der Waals surface area contributed by atoms with Gasteiger partial charge in [0.1, 0.15) is 6.10 Å². The Labute approximate surface area is 197 Å². The van der Waals surface area contributed by atoms with E-state index in [9.17, 15) is 10.4 Å². The lowest BCUT2D eigenvalue weighted by Gasteiger charge is -2.59. The fourth-order valence-electron chi connectivity index (χ4n) is 9.37. The van der Waals surface area contributed by atoms with Gasteiger partial charge in [-0.1, -0.05) is 66.0 Å². The summed E-state index contributed by atoms with van der Waals surface area (Å²) in [5.41, 5.74) is 1.89. The maximum atomic E-state index is 10.3. The predicted octanol–water partition coefficient (Wildman–Crippen LogP) is 7.49. The molecule has 2 N–H and O–H groups in total. The molecule has 4 aliphatic rings. The van der Waals surface area contributed by atoms with Crippen LogP contribution in [0.3, 0.4) is 0 Å². The van der Waals surface area contributed by atoms with Gasteiger partial charge in [0.05, 0.1) is 6.10 Å². The lowest BCUT2D eigenvalue weighted by molar-refractivity contribution is -0.296. The third-order valence-electron chi connectivity index (χ3n) is 11.4. The zero-order chi connectivity index (χ0) is 23.3.